The number of anilines is 1. The number of nitrogens with zero attached hydrogens (tertiary/aromatic N) is 2. The lowest BCUT2D eigenvalue weighted by atomic mass is 9.82. The minimum absolute atomic E-state index is 0.0737. The number of imide groups is 1. The Morgan fingerprint density at radius 3 is 2.57 bits per heavy atom. The zero-order valence-corrected chi connectivity index (χ0v) is 11.5. The largest absolute Gasteiger partial charge is 0.293 e. The first-order valence-corrected chi connectivity index (χ1v) is 6.77. The van der Waals surface area contributed by atoms with Crippen LogP contribution in [0.3, 0.4) is 0 Å². The Bertz CT molecular complexity index is 680. The summed E-state index contributed by atoms with van der Waals surface area (Å²) in [6, 6.07) is 5.87. The summed E-state index contributed by atoms with van der Waals surface area (Å²) in [6.45, 7) is 1.93. The van der Waals surface area contributed by atoms with Crippen molar-refractivity contribution in [2.45, 2.75) is 19.8 Å². The molecule has 6 heteroatoms. The van der Waals surface area contributed by atoms with Gasteiger partial charge in [-0.2, -0.15) is 0 Å². The van der Waals surface area contributed by atoms with Crippen molar-refractivity contribution in [3.05, 3.63) is 46.0 Å². The number of rotatable bonds is 2. The van der Waals surface area contributed by atoms with Crippen LogP contribution in [0.15, 0.2) is 35.9 Å². The van der Waals surface area contributed by atoms with Crippen LogP contribution in [0.5, 0.6) is 0 Å². The van der Waals surface area contributed by atoms with Crippen LogP contribution < -0.4 is 4.90 Å². The number of allylic oxidation sites excluding steroid dienone is 2. The second kappa shape index (κ2) is 4.80. The third-order valence-electron chi connectivity index (χ3n) is 4.14. The molecule has 2 atom stereocenters. The fourth-order valence-corrected chi connectivity index (χ4v) is 3.08. The molecule has 0 spiro atoms. The first-order chi connectivity index (χ1) is 10.0. The van der Waals surface area contributed by atoms with Crippen molar-refractivity contribution >= 4 is 23.2 Å². The van der Waals surface area contributed by atoms with E-state index < -0.39 is 4.92 Å². The molecule has 1 aromatic carbocycles. The SMILES string of the molecule is CC1=CC[C@@H]2C(=O)N(c3ccccc3[N+](=O)[O-])C(=O)[C@H]2C1. The van der Waals surface area contributed by atoms with E-state index in [4.69, 9.17) is 0 Å². The molecule has 0 N–H and O–H groups in total. The Morgan fingerprint density at radius 2 is 1.86 bits per heavy atom. The topological polar surface area (TPSA) is 80.5 Å². The van der Waals surface area contributed by atoms with Crippen molar-refractivity contribution in [3.8, 4) is 0 Å². The van der Waals surface area contributed by atoms with Crippen molar-refractivity contribution < 1.29 is 14.5 Å². The number of amides is 2. The van der Waals surface area contributed by atoms with E-state index in [2.05, 4.69) is 0 Å². The maximum atomic E-state index is 12.5. The van der Waals surface area contributed by atoms with E-state index in [9.17, 15) is 19.7 Å². The quantitative estimate of drug-likeness (QED) is 0.362. The highest BCUT2D eigenvalue weighted by atomic mass is 16.6. The van der Waals surface area contributed by atoms with Gasteiger partial charge < -0.3 is 0 Å². The molecule has 21 heavy (non-hydrogen) atoms. The second-order valence-corrected chi connectivity index (χ2v) is 5.46. The molecule has 1 fully saturated rings. The van der Waals surface area contributed by atoms with Gasteiger partial charge in [0.15, 0.2) is 0 Å². The number of carbonyl (C=O) groups excluding carboxylic acids is 2. The first-order valence-electron chi connectivity index (χ1n) is 6.77. The predicted molar refractivity (Wildman–Crippen MR) is 75.6 cm³/mol. The van der Waals surface area contributed by atoms with Crippen LogP contribution in [-0.2, 0) is 9.59 Å². The standard InChI is InChI=1S/C15H14N2O4/c1-9-6-7-10-11(8-9)15(19)16(14(10)18)12-4-2-3-5-13(12)17(20)21/h2-6,10-11H,7-8H2,1H3/t10-,11-/m0/s1. The molecule has 1 saturated heterocycles. The zero-order chi connectivity index (χ0) is 15.1. The van der Waals surface area contributed by atoms with Crippen LogP contribution >= 0.6 is 0 Å². The molecule has 6 nitrogen and oxygen atoms in total. The fraction of sp³-hybridized carbons (Fsp3) is 0.333. The number of hydrogen-bond donors (Lipinski definition) is 0. The molecular weight excluding hydrogens is 272 g/mol. The second-order valence-electron chi connectivity index (χ2n) is 5.46. The van der Waals surface area contributed by atoms with E-state index in [-0.39, 0.29) is 35.0 Å². The summed E-state index contributed by atoms with van der Waals surface area (Å²) in [5.74, 6) is -1.43. The van der Waals surface area contributed by atoms with Crippen LogP contribution in [0.2, 0.25) is 0 Å². The lowest BCUT2D eigenvalue weighted by Gasteiger charge is -2.18. The Hall–Kier alpha value is -2.50. The highest BCUT2D eigenvalue weighted by Crippen LogP contribution is 2.41. The highest BCUT2D eigenvalue weighted by molar-refractivity contribution is 6.23. The smallest absolute Gasteiger partial charge is 0.274 e. The van der Waals surface area contributed by atoms with Gasteiger partial charge in [-0.05, 0) is 25.8 Å². The van der Waals surface area contributed by atoms with Crippen LogP contribution in [0.4, 0.5) is 11.4 Å². The fourth-order valence-electron chi connectivity index (χ4n) is 3.08. The molecule has 1 aliphatic heterocycles. The summed E-state index contributed by atoms with van der Waals surface area (Å²) in [7, 11) is 0. The number of nitro benzene ring substituents is 1. The molecule has 0 aromatic heterocycles. The van der Waals surface area contributed by atoms with E-state index in [1.54, 1.807) is 6.07 Å². The third kappa shape index (κ3) is 2.03. The first kappa shape index (κ1) is 13.5. The normalized spacial score (nSPS) is 24.8. The van der Waals surface area contributed by atoms with Gasteiger partial charge in [-0.15, -0.1) is 0 Å². The lowest BCUT2D eigenvalue weighted by molar-refractivity contribution is -0.384. The minimum atomic E-state index is -0.568. The Labute approximate surface area is 121 Å². The molecule has 3 rings (SSSR count). The minimum Gasteiger partial charge on any atom is -0.274 e. The molecule has 0 bridgehead atoms. The van der Waals surface area contributed by atoms with Gasteiger partial charge in [-0.1, -0.05) is 23.8 Å². The molecule has 1 heterocycles. The predicted octanol–water partition coefficient (Wildman–Crippen LogP) is 2.44. The molecule has 1 aliphatic carbocycles. The monoisotopic (exact) mass is 286 g/mol. The summed E-state index contributed by atoms with van der Waals surface area (Å²) >= 11 is 0. The van der Waals surface area contributed by atoms with Crippen LogP contribution in [-0.4, -0.2) is 16.7 Å². The van der Waals surface area contributed by atoms with Crippen molar-refractivity contribution in [1.29, 1.82) is 0 Å². The summed E-state index contributed by atoms with van der Waals surface area (Å²) < 4.78 is 0. The van der Waals surface area contributed by atoms with Crippen molar-refractivity contribution in [3.63, 3.8) is 0 Å². The molecule has 2 amide bonds. The van der Waals surface area contributed by atoms with Crippen LogP contribution in [0, 0.1) is 22.0 Å². The van der Waals surface area contributed by atoms with Gasteiger partial charge in [-0.25, -0.2) is 4.90 Å². The average Bonchev–Trinajstić information content (AvgIpc) is 2.70. The zero-order valence-electron chi connectivity index (χ0n) is 11.5. The van der Waals surface area contributed by atoms with Crippen molar-refractivity contribution in [1.82, 2.24) is 0 Å². The van der Waals surface area contributed by atoms with Crippen LogP contribution in [0.1, 0.15) is 19.8 Å². The summed E-state index contributed by atoms with van der Waals surface area (Å²) in [6.07, 6.45) is 3.04. The average molecular weight is 286 g/mol. The van der Waals surface area contributed by atoms with Gasteiger partial charge in [0.05, 0.1) is 16.8 Å². The molecule has 2 aliphatic rings. The molecule has 0 unspecified atom stereocenters. The van der Waals surface area contributed by atoms with E-state index in [0.717, 1.165) is 10.5 Å². The van der Waals surface area contributed by atoms with Gasteiger partial charge in [-0.3, -0.25) is 19.7 Å². The molecule has 108 valence electrons. The molecule has 1 aromatic rings. The number of para-hydroxylation sites is 2. The van der Waals surface area contributed by atoms with Gasteiger partial charge >= 0.3 is 0 Å². The Morgan fingerprint density at radius 1 is 1.19 bits per heavy atom. The van der Waals surface area contributed by atoms with Gasteiger partial charge in [0.1, 0.15) is 5.69 Å². The molecule has 0 saturated carbocycles. The third-order valence-corrected chi connectivity index (χ3v) is 4.14. The maximum absolute atomic E-state index is 12.5. The maximum Gasteiger partial charge on any atom is 0.293 e. The van der Waals surface area contributed by atoms with E-state index in [1.165, 1.54) is 18.2 Å². The Balaban J connectivity index is 2.04. The molecule has 0 radical (unpaired) electrons. The number of nitro groups is 1. The number of hydrogen-bond acceptors (Lipinski definition) is 4. The lowest BCUT2D eigenvalue weighted by Crippen LogP contribution is -2.31. The van der Waals surface area contributed by atoms with Crippen LogP contribution in [0.25, 0.3) is 0 Å². The van der Waals surface area contributed by atoms with E-state index in [0.29, 0.717) is 12.8 Å². The van der Waals surface area contributed by atoms with Gasteiger partial charge in [0, 0.05) is 6.07 Å². The van der Waals surface area contributed by atoms with Gasteiger partial charge in [0.2, 0.25) is 11.8 Å². The van der Waals surface area contributed by atoms with Crippen molar-refractivity contribution in [2.24, 2.45) is 11.8 Å². The van der Waals surface area contributed by atoms with E-state index in [1.807, 2.05) is 13.0 Å². The number of fused-ring (bicyclic) bond motifs is 1. The number of benzene rings is 1. The highest BCUT2D eigenvalue weighted by Gasteiger charge is 2.49. The van der Waals surface area contributed by atoms with Gasteiger partial charge in [0.25, 0.3) is 5.69 Å². The van der Waals surface area contributed by atoms with E-state index >= 15 is 0 Å². The summed E-state index contributed by atoms with van der Waals surface area (Å²) in [4.78, 5) is 36.5. The van der Waals surface area contributed by atoms with Crippen molar-refractivity contribution in [2.75, 3.05) is 4.90 Å². The summed E-state index contributed by atoms with van der Waals surface area (Å²) in [5.41, 5.74) is 0.939. The Kier molecular flexibility index (Phi) is 3.08. The molecular formula is C15H14N2O4. The summed E-state index contributed by atoms with van der Waals surface area (Å²) in [5, 5.41) is 11.1. The number of carbonyl (C=O) groups is 2.